The van der Waals surface area contributed by atoms with Gasteiger partial charge in [-0.15, -0.1) is 0 Å². The first kappa shape index (κ1) is 30.3. The number of furan rings is 1. The molecule has 1 aliphatic heterocycles. The third-order valence-corrected chi connectivity index (χ3v) is 10.6. The first-order valence-corrected chi connectivity index (χ1v) is 18.3. The van der Waals surface area contributed by atoms with Gasteiger partial charge in [0.25, 0.3) is 0 Å². The molecule has 10 aromatic rings. The number of hydrogen-bond acceptors (Lipinski definition) is 4. The molecule has 1 aromatic heterocycles. The normalized spacial score (nSPS) is 11.9. The van der Waals surface area contributed by atoms with Gasteiger partial charge in [-0.1, -0.05) is 115 Å². The van der Waals surface area contributed by atoms with Crippen LogP contribution in [0.15, 0.2) is 199 Å². The summed E-state index contributed by atoms with van der Waals surface area (Å²) in [5, 5.41) is 6.79. The highest BCUT2D eigenvalue weighted by molar-refractivity contribution is 6.14. The van der Waals surface area contributed by atoms with Gasteiger partial charge < -0.3 is 19.0 Å². The zero-order valence-electron chi connectivity index (χ0n) is 29.2. The van der Waals surface area contributed by atoms with Crippen LogP contribution in [0.2, 0.25) is 0 Å². The Bertz CT molecular complexity index is 3040. The lowest BCUT2D eigenvalue weighted by molar-refractivity contribution is 0.487. The lowest BCUT2D eigenvalue weighted by Crippen LogP contribution is -2.12. The van der Waals surface area contributed by atoms with Crippen LogP contribution in [-0.4, -0.2) is 0 Å². The molecule has 0 saturated carbocycles. The molecule has 0 spiro atoms. The SMILES string of the molecule is c1ccc(N(c2ccc3c(c2)Oc2cccc4c(N(c5ccccc5)c5cccc6c5oc5ccccc56)ccc-3c24)c2ccc3ccccc3c2)cc1. The molecule has 0 N–H and O–H groups in total. The Balaban J connectivity index is 1.07. The summed E-state index contributed by atoms with van der Waals surface area (Å²) in [5.74, 6) is 1.66. The van der Waals surface area contributed by atoms with Gasteiger partial charge in [0.2, 0.25) is 0 Å². The summed E-state index contributed by atoms with van der Waals surface area (Å²) in [6.45, 7) is 0. The van der Waals surface area contributed by atoms with Gasteiger partial charge in [0.15, 0.2) is 5.58 Å². The molecule has 0 fully saturated rings. The maximum atomic E-state index is 6.87. The van der Waals surface area contributed by atoms with Crippen LogP contribution in [0, 0.1) is 0 Å². The number of nitrogens with zero attached hydrogens (tertiary/aromatic N) is 2. The molecule has 9 aromatic carbocycles. The number of fused-ring (bicyclic) bond motifs is 6. The molecule has 11 rings (SSSR count). The van der Waals surface area contributed by atoms with Gasteiger partial charge in [0.1, 0.15) is 17.1 Å². The molecule has 1 aliphatic rings. The van der Waals surface area contributed by atoms with Crippen molar-refractivity contribution in [2.45, 2.75) is 0 Å². The molecular formula is C50H32N2O2. The molecule has 0 unspecified atom stereocenters. The number of benzene rings is 9. The number of rotatable bonds is 6. The summed E-state index contributed by atoms with van der Waals surface area (Å²) in [7, 11) is 0. The molecule has 0 amide bonds. The third kappa shape index (κ3) is 4.78. The van der Waals surface area contributed by atoms with E-state index in [4.69, 9.17) is 9.15 Å². The zero-order valence-corrected chi connectivity index (χ0v) is 29.2. The van der Waals surface area contributed by atoms with E-state index in [1.54, 1.807) is 0 Å². The number of hydrogen-bond donors (Lipinski definition) is 0. The Kier molecular flexibility index (Phi) is 6.82. The fourth-order valence-electron chi connectivity index (χ4n) is 8.17. The second-order valence-corrected chi connectivity index (χ2v) is 13.7. The highest BCUT2D eigenvalue weighted by Gasteiger charge is 2.27. The van der Waals surface area contributed by atoms with Crippen LogP contribution in [-0.2, 0) is 0 Å². The molecule has 0 atom stereocenters. The van der Waals surface area contributed by atoms with Crippen molar-refractivity contribution in [3.05, 3.63) is 194 Å². The topological polar surface area (TPSA) is 28.9 Å². The third-order valence-electron chi connectivity index (χ3n) is 10.6. The van der Waals surface area contributed by atoms with E-state index in [-0.39, 0.29) is 0 Å². The largest absolute Gasteiger partial charge is 0.456 e. The van der Waals surface area contributed by atoms with Crippen molar-refractivity contribution < 1.29 is 9.15 Å². The number of ether oxygens (including phenoxy) is 1. The molecule has 0 aliphatic carbocycles. The maximum absolute atomic E-state index is 6.87. The molecule has 4 nitrogen and oxygen atoms in total. The van der Waals surface area contributed by atoms with Crippen LogP contribution in [0.4, 0.5) is 34.1 Å². The Morgan fingerprint density at radius 1 is 0.352 bits per heavy atom. The predicted molar refractivity (Wildman–Crippen MR) is 224 cm³/mol. The van der Waals surface area contributed by atoms with Crippen molar-refractivity contribution in [3.8, 4) is 22.6 Å². The van der Waals surface area contributed by atoms with E-state index >= 15 is 0 Å². The van der Waals surface area contributed by atoms with Gasteiger partial charge in [-0.2, -0.15) is 0 Å². The molecule has 0 bridgehead atoms. The summed E-state index contributed by atoms with van der Waals surface area (Å²) < 4.78 is 13.5. The Morgan fingerprint density at radius 3 is 1.85 bits per heavy atom. The van der Waals surface area contributed by atoms with Gasteiger partial charge in [0.05, 0.1) is 11.4 Å². The lowest BCUT2D eigenvalue weighted by atomic mass is 9.93. The number of anilines is 6. The van der Waals surface area contributed by atoms with Crippen molar-refractivity contribution >= 4 is 77.6 Å². The zero-order chi connectivity index (χ0) is 35.6. The minimum Gasteiger partial charge on any atom is -0.456 e. The smallest absolute Gasteiger partial charge is 0.159 e. The Hall–Kier alpha value is -7.30. The summed E-state index contributed by atoms with van der Waals surface area (Å²) >= 11 is 0. The van der Waals surface area contributed by atoms with E-state index in [2.05, 4.69) is 192 Å². The van der Waals surface area contributed by atoms with Crippen molar-refractivity contribution in [2.24, 2.45) is 0 Å². The first-order chi connectivity index (χ1) is 26.8. The van der Waals surface area contributed by atoms with Crippen molar-refractivity contribution in [1.29, 1.82) is 0 Å². The van der Waals surface area contributed by atoms with Crippen LogP contribution in [0.3, 0.4) is 0 Å². The summed E-state index contributed by atoms with van der Waals surface area (Å²) in [4.78, 5) is 4.61. The van der Waals surface area contributed by atoms with Crippen molar-refractivity contribution in [2.75, 3.05) is 9.80 Å². The van der Waals surface area contributed by atoms with Gasteiger partial charge in [-0.3, -0.25) is 0 Å². The standard InChI is InChI=1S/C50H32N2O2/c1-3-15-35(16-4-1)51(37-26-25-33-13-7-8-14-34(33)31-37)38-27-28-40-41-29-30-44(43-21-12-24-47(49(41)43)53-48(40)32-38)52(36-17-5-2-6-18-36)45-22-11-20-42-39-19-9-10-23-46(39)54-50(42)45/h1-32H. The molecule has 0 saturated heterocycles. The Morgan fingerprint density at radius 2 is 1.00 bits per heavy atom. The minimum atomic E-state index is 0.828. The molecule has 54 heavy (non-hydrogen) atoms. The van der Waals surface area contributed by atoms with Crippen LogP contribution in [0.5, 0.6) is 11.5 Å². The number of para-hydroxylation sites is 4. The van der Waals surface area contributed by atoms with Crippen molar-refractivity contribution in [1.82, 2.24) is 0 Å². The molecule has 254 valence electrons. The van der Waals surface area contributed by atoms with E-state index in [9.17, 15) is 0 Å². The first-order valence-electron chi connectivity index (χ1n) is 18.3. The van der Waals surface area contributed by atoms with E-state index in [1.165, 1.54) is 10.8 Å². The minimum absolute atomic E-state index is 0.828. The van der Waals surface area contributed by atoms with E-state index in [0.717, 1.165) is 89.5 Å². The summed E-state index contributed by atoms with van der Waals surface area (Å²) in [6, 6.07) is 68.3. The fraction of sp³-hybridized carbons (Fsp3) is 0. The Labute approximate surface area is 312 Å². The highest BCUT2D eigenvalue weighted by atomic mass is 16.5. The van der Waals surface area contributed by atoms with Crippen molar-refractivity contribution in [3.63, 3.8) is 0 Å². The van der Waals surface area contributed by atoms with Crippen LogP contribution in [0.1, 0.15) is 0 Å². The van der Waals surface area contributed by atoms with Crippen LogP contribution >= 0.6 is 0 Å². The summed E-state index contributed by atoms with van der Waals surface area (Å²) in [5.41, 5.74) is 10.2. The van der Waals surface area contributed by atoms with Gasteiger partial charge in [-0.05, 0) is 89.1 Å². The second kappa shape index (κ2) is 12.1. The van der Waals surface area contributed by atoms with Gasteiger partial charge in [0, 0.05) is 55.9 Å². The van der Waals surface area contributed by atoms with E-state index in [1.807, 2.05) is 12.1 Å². The molecule has 0 radical (unpaired) electrons. The van der Waals surface area contributed by atoms with Gasteiger partial charge in [-0.25, -0.2) is 0 Å². The fourth-order valence-corrected chi connectivity index (χ4v) is 8.17. The highest BCUT2D eigenvalue weighted by Crippen LogP contribution is 2.52. The lowest BCUT2D eigenvalue weighted by Gasteiger charge is -2.30. The average Bonchev–Trinajstić information content (AvgIpc) is 3.62. The van der Waals surface area contributed by atoms with E-state index in [0.29, 0.717) is 0 Å². The average molecular weight is 693 g/mol. The van der Waals surface area contributed by atoms with Gasteiger partial charge >= 0.3 is 0 Å². The molecule has 2 heterocycles. The second-order valence-electron chi connectivity index (χ2n) is 13.7. The maximum Gasteiger partial charge on any atom is 0.159 e. The van der Waals surface area contributed by atoms with Crippen LogP contribution < -0.4 is 14.5 Å². The monoisotopic (exact) mass is 692 g/mol. The quantitative estimate of drug-likeness (QED) is 0.173. The van der Waals surface area contributed by atoms with E-state index < -0.39 is 0 Å². The summed E-state index contributed by atoms with van der Waals surface area (Å²) in [6.07, 6.45) is 0. The molecular weight excluding hydrogens is 661 g/mol. The van der Waals surface area contributed by atoms with Crippen LogP contribution in [0.25, 0.3) is 54.6 Å². The molecule has 4 heteroatoms. The predicted octanol–water partition coefficient (Wildman–Crippen LogP) is 14.6.